The lowest BCUT2D eigenvalue weighted by Gasteiger charge is -2.26. The smallest absolute Gasteiger partial charge is 0.328 e. The molecule has 1 aliphatic heterocycles. The molecule has 1 unspecified atom stereocenters. The number of hydrogen-bond donors (Lipinski definition) is 1. The molecule has 1 heterocycles. The van der Waals surface area contributed by atoms with Crippen LogP contribution in [0.25, 0.3) is 6.08 Å². The van der Waals surface area contributed by atoms with Crippen LogP contribution in [0.15, 0.2) is 28.7 Å². The summed E-state index contributed by atoms with van der Waals surface area (Å²) >= 11 is 3.52. The highest BCUT2D eigenvalue weighted by molar-refractivity contribution is 9.10. The number of carboxylic acid groups (broad SMARTS) is 1. The molecule has 0 aromatic heterocycles. The molecule has 0 spiro atoms. The summed E-state index contributed by atoms with van der Waals surface area (Å²) in [5.41, 5.74) is 2.10. The molecule has 0 saturated carbocycles. The molecule has 102 valence electrons. The Labute approximate surface area is 122 Å². The van der Waals surface area contributed by atoms with Crippen molar-refractivity contribution in [1.82, 2.24) is 0 Å². The summed E-state index contributed by atoms with van der Waals surface area (Å²) in [6.07, 6.45) is 6.44. The van der Waals surface area contributed by atoms with E-state index in [1.165, 1.54) is 18.5 Å². The average Bonchev–Trinajstić information content (AvgIpc) is 2.85. The van der Waals surface area contributed by atoms with Gasteiger partial charge in [-0.1, -0.05) is 28.9 Å². The quantitative estimate of drug-likeness (QED) is 0.853. The molecule has 19 heavy (non-hydrogen) atoms. The third-order valence-electron chi connectivity index (χ3n) is 3.57. The Morgan fingerprint density at radius 1 is 1.58 bits per heavy atom. The van der Waals surface area contributed by atoms with Gasteiger partial charge in [0.1, 0.15) is 0 Å². The van der Waals surface area contributed by atoms with Gasteiger partial charge >= 0.3 is 5.97 Å². The Bertz CT molecular complexity index is 499. The van der Waals surface area contributed by atoms with Crippen LogP contribution in [-0.4, -0.2) is 23.7 Å². The lowest BCUT2D eigenvalue weighted by molar-refractivity contribution is -0.131. The minimum Gasteiger partial charge on any atom is -0.478 e. The van der Waals surface area contributed by atoms with Crippen molar-refractivity contribution in [2.24, 2.45) is 0 Å². The molecule has 1 atom stereocenters. The van der Waals surface area contributed by atoms with Crippen LogP contribution in [0.2, 0.25) is 0 Å². The summed E-state index contributed by atoms with van der Waals surface area (Å²) in [5, 5.41) is 8.65. The minimum absolute atomic E-state index is 0.632. The number of carbonyl (C=O) groups is 1. The van der Waals surface area contributed by atoms with E-state index >= 15 is 0 Å². The summed E-state index contributed by atoms with van der Waals surface area (Å²) < 4.78 is 0.934. The van der Waals surface area contributed by atoms with Gasteiger partial charge in [0.15, 0.2) is 0 Å². The van der Waals surface area contributed by atoms with Crippen molar-refractivity contribution < 1.29 is 9.90 Å². The molecule has 1 fully saturated rings. The molecule has 0 bridgehead atoms. The lowest BCUT2D eigenvalue weighted by atomic mass is 10.1. The van der Waals surface area contributed by atoms with Crippen molar-refractivity contribution >= 4 is 33.7 Å². The highest BCUT2D eigenvalue weighted by Crippen LogP contribution is 2.31. The Balaban J connectivity index is 2.21. The van der Waals surface area contributed by atoms with Gasteiger partial charge in [0.05, 0.1) is 0 Å². The van der Waals surface area contributed by atoms with Gasteiger partial charge in [-0.3, -0.25) is 0 Å². The number of nitrogens with zero attached hydrogens (tertiary/aromatic N) is 1. The number of halogens is 1. The first kappa shape index (κ1) is 14.1. The van der Waals surface area contributed by atoms with Crippen molar-refractivity contribution in [3.63, 3.8) is 0 Å². The van der Waals surface area contributed by atoms with E-state index in [0.717, 1.165) is 29.1 Å². The van der Waals surface area contributed by atoms with Crippen molar-refractivity contribution in [1.29, 1.82) is 0 Å². The number of hydrogen-bond acceptors (Lipinski definition) is 2. The van der Waals surface area contributed by atoms with E-state index in [0.29, 0.717) is 6.04 Å². The van der Waals surface area contributed by atoms with Gasteiger partial charge in [0.2, 0.25) is 0 Å². The first-order valence-electron chi connectivity index (χ1n) is 6.59. The van der Waals surface area contributed by atoms with E-state index in [-0.39, 0.29) is 0 Å². The molecule has 1 aliphatic rings. The molecule has 1 N–H and O–H groups in total. The Kier molecular flexibility index (Phi) is 4.64. The molecule has 1 saturated heterocycles. The number of anilines is 1. The van der Waals surface area contributed by atoms with Gasteiger partial charge < -0.3 is 10.0 Å². The van der Waals surface area contributed by atoms with Gasteiger partial charge in [0, 0.05) is 28.8 Å². The van der Waals surface area contributed by atoms with E-state index in [4.69, 9.17) is 5.11 Å². The monoisotopic (exact) mass is 323 g/mol. The van der Waals surface area contributed by atoms with Crippen LogP contribution < -0.4 is 4.90 Å². The summed E-state index contributed by atoms with van der Waals surface area (Å²) in [4.78, 5) is 13.0. The third kappa shape index (κ3) is 3.38. The highest BCUT2D eigenvalue weighted by Gasteiger charge is 2.23. The van der Waals surface area contributed by atoms with Crippen molar-refractivity contribution in [2.45, 2.75) is 32.2 Å². The Morgan fingerprint density at radius 3 is 3.00 bits per heavy atom. The van der Waals surface area contributed by atoms with E-state index in [1.54, 1.807) is 6.08 Å². The minimum atomic E-state index is -0.929. The van der Waals surface area contributed by atoms with Crippen molar-refractivity contribution in [3.05, 3.63) is 34.3 Å². The molecule has 4 heteroatoms. The molecular weight excluding hydrogens is 306 g/mol. The second-order valence-corrected chi connectivity index (χ2v) is 5.63. The second-order valence-electron chi connectivity index (χ2n) is 4.78. The predicted octanol–water partition coefficient (Wildman–Crippen LogP) is 3.93. The zero-order valence-electron chi connectivity index (χ0n) is 11.0. The van der Waals surface area contributed by atoms with Crippen LogP contribution in [-0.2, 0) is 4.79 Å². The molecule has 3 nitrogen and oxygen atoms in total. The van der Waals surface area contributed by atoms with Crippen molar-refractivity contribution in [3.8, 4) is 0 Å². The highest BCUT2D eigenvalue weighted by atomic mass is 79.9. The fraction of sp³-hybridized carbons (Fsp3) is 0.400. The molecule has 0 amide bonds. The van der Waals surface area contributed by atoms with Crippen LogP contribution in [0, 0.1) is 0 Å². The largest absolute Gasteiger partial charge is 0.478 e. The summed E-state index contributed by atoms with van der Waals surface area (Å²) in [6, 6.07) is 6.74. The maximum absolute atomic E-state index is 10.5. The van der Waals surface area contributed by atoms with Gasteiger partial charge in [-0.15, -0.1) is 0 Å². The summed E-state index contributed by atoms with van der Waals surface area (Å²) in [6.45, 7) is 3.33. The molecule has 2 rings (SSSR count). The van der Waals surface area contributed by atoms with Gasteiger partial charge in [-0.05, 0) is 43.0 Å². The van der Waals surface area contributed by atoms with Crippen LogP contribution in [0.4, 0.5) is 5.69 Å². The zero-order chi connectivity index (χ0) is 13.8. The number of aliphatic carboxylic acids is 1. The van der Waals surface area contributed by atoms with Gasteiger partial charge in [-0.2, -0.15) is 0 Å². The molecule has 0 radical (unpaired) electrons. The first-order valence-corrected chi connectivity index (χ1v) is 7.38. The standard InChI is InChI=1S/C15H18BrNO2/c1-2-12-4-3-9-17(12)13-7-5-11(14(16)10-13)6-8-15(18)19/h5-8,10,12H,2-4,9H2,1H3,(H,18,19)/b8-6+. The number of rotatable bonds is 4. The lowest BCUT2D eigenvalue weighted by Crippen LogP contribution is -2.28. The topological polar surface area (TPSA) is 40.5 Å². The number of benzene rings is 1. The van der Waals surface area contributed by atoms with Crippen LogP contribution in [0.1, 0.15) is 31.7 Å². The molecular formula is C15H18BrNO2. The summed E-state index contributed by atoms with van der Waals surface area (Å²) in [5.74, 6) is -0.929. The van der Waals surface area contributed by atoms with E-state index < -0.39 is 5.97 Å². The number of carboxylic acids is 1. The second kappa shape index (κ2) is 6.24. The SMILES string of the molecule is CCC1CCCN1c1ccc(/C=C/C(=O)O)c(Br)c1. The van der Waals surface area contributed by atoms with E-state index in [1.807, 2.05) is 6.07 Å². The Morgan fingerprint density at radius 2 is 2.37 bits per heavy atom. The van der Waals surface area contributed by atoms with Crippen LogP contribution in [0.5, 0.6) is 0 Å². The maximum Gasteiger partial charge on any atom is 0.328 e. The van der Waals surface area contributed by atoms with Crippen molar-refractivity contribution in [2.75, 3.05) is 11.4 Å². The zero-order valence-corrected chi connectivity index (χ0v) is 12.6. The van der Waals surface area contributed by atoms with Gasteiger partial charge in [0.25, 0.3) is 0 Å². The molecule has 1 aromatic rings. The molecule has 1 aromatic carbocycles. The average molecular weight is 324 g/mol. The molecule has 0 aliphatic carbocycles. The predicted molar refractivity (Wildman–Crippen MR) is 81.5 cm³/mol. The van der Waals surface area contributed by atoms with E-state index in [9.17, 15) is 4.79 Å². The fourth-order valence-corrected chi connectivity index (χ4v) is 3.09. The van der Waals surface area contributed by atoms with E-state index in [2.05, 4.69) is 39.9 Å². The maximum atomic E-state index is 10.5. The third-order valence-corrected chi connectivity index (χ3v) is 4.26. The first-order chi connectivity index (χ1) is 9.11. The van der Waals surface area contributed by atoms with Crippen LogP contribution in [0.3, 0.4) is 0 Å². The van der Waals surface area contributed by atoms with Crippen LogP contribution >= 0.6 is 15.9 Å². The normalized spacial score (nSPS) is 19.3. The fourth-order valence-electron chi connectivity index (χ4n) is 2.59. The summed E-state index contributed by atoms with van der Waals surface area (Å²) in [7, 11) is 0. The van der Waals surface area contributed by atoms with Gasteiger partial charge in [-0.25, -0.2) is 4.79 Å². The Hall–Kier alpha value is -1.29.